The number of ether oxygens (including phenoxy) is 1. The molecule has 3 heteroatoms. The quantitative estimate of drug-likeness (QED) is 0.799. The zero-order valence-corrected chi connectivity index (χ0v) is 14.3. The van der Waals surface area contributed by atoms with E-state index < -0.39 is 0 Å². The van der Waals surface area contributed by atoms with Gasteiger partial charge >= 0.3 is 0 Å². The first kappa shape index (κ1) is 15.4. The van der Waals surface area contributed by atoms with Gasteiger partial charge in [-0.3, -0.25) is 0 Å². The molecule has 0 saturated heterocycles. The van der Waals surface area contributed by atoms with Crippen LogP contribution in [0.4, 0.5) is 11.4 Å². The Labute approximate surface area is 137 Å². The molecule has 2 aromatic rings. The molecule has 2 nitrogen and oxygen atoms in total. The molecule has 0 unspecified atom stereocenters. The second-order valence-electron chi connectivity index (χ2n) is 6.44. The van der Waals surface area contributed by atoms with Gasteiger partial charge in [-0.2, -0.15) is 0 Å². The standard InChI is InChI=1S/C19H22ClNO/c1-5-22-11-13-6-7-14-16(10-13)21-17-9-12(2)8-15(20)18(17)19(14,3)4/h6-10,21H,5,11H2,1-4H3. The van der Waals surface area contributed by atoms with Crippen LogP contribution in [0.3, 0.4) is 0 Å². The lowest BCUT2D eigenvalue weighted by Gasteiger charge is -2.37. The summed E-state index contributed by atoms with van der Waals surface area (Å²) in [5.74, 6) is 0. The van der Waals surface area contributed by atoms with E-state index in [9.17, 15) is 0 Å². The summed E-state index contributed by atoms with van der Waals surface area (Å²) in [4.78, 5) is 0. The van der Waals surface area contributed by atoms with Crippen molar-refractivity contribution in [1.82, 2.24) is 0 Å². The highest BCUT2D eigenvalue weighted by atomic mass is 35.5. The van der Waals surface area contributed by atoms with Gasteiger partial charge < -0.3 is 10.1 Å². The number of fused-ring (bicyclic) bond motifs is 2. The normalized spacial score (nSPS) is 15.0. The van der Waals surface area contributed by atoms with Gasteiger partial charge in [0.25, 0.3) is 0 Å². The summed E-state index contributed by atoms with van der Waals surface area (Å²) >= 11 is 6.54. The van der Waals surface area contributed by atoms with E-state index in [0.717, 1.165) is 23.0 Å². The Balaban J connectivity index is 2.10. The largest absolute Gasteiger partial charge is 0.377 e. The number of anilines is 2. The molecule has 1 heterocycles. The molecule has 0 aromatic heterocycles. The lowest BCUT2D eigenvalue weighted by atomic mass is 9.74. The van der Waals surface area contributed by atoms with Crippen molar-refractivity contribution in [2.24, 2.45) is 0 Å². The first-order valence-corrected chi connectivity index (χ1v) is 8.10. The lowest BCUT2D eigenvalue weighted by molar-refractivity contribution is 0.134. The molecule has 0 bridgehead atoms. The molecule has 0 spiro atoms. The van der Waals surface area contributed by atoms with Gasteiger partial charge in [0, 0.05) is 34.0 Å². The first-order valence-electron chi connectivity index (χ1n) is 7.72. The second kappa shape index (κ2) is 5.60. The molecule has 22 heavy (non-hydrogen) atoms. The summed E-state index contributed by atoms with van der Waals surface area (Å²) < 4.78 is 5.52. The maximum absolute atomic E-state index is 6.54. The van der Waals surface area contributed by atoms with Crippen molar-refractivity contribution in [2.75, 3.05) is 11.9 Å². The SMILES string of the molecule is CCOCc1ccc2c(c1)Nc1cc(C)cc(Cl)c1C2(C)C. The molecule has 0 radical (unpaired) electrons. The van der Waals surface area contributed by atoms with Crippen molar-refractivity contribution in [3.05, 3.63) is 57.6 Å². The Morgan fingerprint density at radius 1 is 1.14 bits per heavy atom. The molecule has 2 aromatic carbocycles. The van der Waals surface area contributed by atoms with Gasteiger partial charge in [0.2, 0.25) is 0 Å². The molecule has 0 aliphatic carbocycles. The van der Waals surface area contributed by atoms with E-state index in [1.807, 2.05) is 13.0 Å². The van der Waals surface area contributed by atoms with Crippen LogP contribution in [-0.2, 0) is 16.8 Å². The molecule has 0 atom stereocenters. The fraction of sp³-hybridized carbons (Fsp3) is 0.368. The molecular formula is C19H22ClNO. The van der Waals surface area contributed by atoms with Crippen molar-refractivity contribution in [1.29, 1.82) is 0 Å². The number of hydrogen-bond acceptors (Lipinski definition) is 2. The van der Waals surface area contributed by atoms with Crippen LogP contribution in [0.1, 0.15) is 43.0 Å². The van der Waals surface area contributed by atoms with Crippen molar-refractivity contribution in [3.63, 3.8) is 0 Å². The molecule has 1 aliphatic heterocycles. The van der Waals surface area contributed by atoms with Gasteiger partial charge in [-0.15, -0.1) is 0 Å². The van der Waals surface area contributed by atoms with E-state index in [-0.39, 0.29) is 5.41 Å². The van der Waals surface area contributed by atoms with E-state index in [1.165, 1.54) is 22.3 Å². The molecular weight excluding hydrogens is 294 g/mol. The summed E-state index contributed by atoms with van der Waals surface area (Å²) in [5, 5.41) is 4.38. The smallest absolute Gasteiger partial charge is 0.0717 e. The van der Waals surface area contributed by atoms with Crippen LogP contribution in [0, 0.1) is 6.92 Å². The predicted molar refractivity (Wildman–Crippen MR) is 93.4 cm³/mol. The molecule has 0 fully saturated rings. The number of benzene rings is 2. The number of aryl methyl sites for hydroxylation is 1. The highest BCUT2D eigenvalue weighted by molar-refractivity contribution is 6.32. The van der Waals surface area contributed by atoms with Gasteiger partial charge in [0.15, 0.2) is 0 Å². The average molecular weight is 316 g/mol. The van der Waals surface area contributed by atoms with Crippen LogP contribution in [0.2, 0.25) is 5.02 Å². The van der Waals surface area contributed by atoms with Crippen LogP contribution in [0.15, 0.2) is 30.3 Å². The molecule has 1 N–H and O–H groups in total. The van der Waals surface area contributed by atoms with Crippen molar-refractivity contribution >= 4 is 23.0 Å². The average Bonchev–Trinajstić information content (AvgIpc) is 2.43. The Kier molecular flexibility index (Phi) is 3.92. The monoisotopic (exact) mass is 315 g/mol. The third-order valence-corrected chi connectivity index (χ3v) is 4.66. The fourth-order valence-corrected chi connectivity index (χ4v) is 3.82. The predicted octanol–water partition coefficient (Wildman–Crippen LogP) is 5.57. The number of hydrogen-bond donors (Lipinski definition) is 1. The van der Waals surface area contributed by atoms with Crippen LogP contribution >= 0.6 is 11.6 Å². The van der Waals surface area contributed by atoms with E-state index in [2.05, 4.69) is 50.4 Å². The Morgan fingerprint density at radius 2 is 1.91 bits per heavy atom. The minimum Gasteiger partial charge on any atom is -0.377 e. The van der Waals surface area contributed by atoms with Gasteiger partial charge in [0.05, 0.1) is 6.61 Å². The molecule has 0 saturated carbocycles. The van der Waals surface area contributed by atoms with E-state index in [1.54, 1.807) is 0 Å². The molecule has 3 rings (SSSR count). The number of nitrogens with one attached hydrogen (secondary N) is 1. The highest BCUT2D eigenvalue weighted by Gasteiger charge is 2.34. The van der Waals surface area contributed by atoms with Crippen LogP contribution < -0.4 is 5.32 Å². The molecule has 0 amide bonds. The molecule has 1 aliphatic rings. The van der Waals surface area contributed by atoms with Gasteiger partial charge in [-0.05, 0) is 48.7 Å². The Bertz CT molecular complexity index is 722. The van der Waals surface area contributed by atoms with E-state index >= 15 is 0 Å². The van der Waals surface area contributed by atoms with Gasteiger partial charge in [-0.1, -0.05) is 37.6 Å². The topological polar surface area (TPSA) is 21.3 Å². The van der Waals surface area contributed by atoms with Crippen LogP contribution in [-0.4, -0.2) is 6.61 Å². The van der Waals surface area contributed by atoms with E-state index in [4.69, 9.17) is 16.3 Å². The zero-order chi connectivity index (χ0) is 15.9. The third-order valence-electron chi connectivity index (χ3n) is 4.36. The molecule has 116 valence electrons. The van der Waals surface area contributed by atoms with Gasteiger partial charge in [-0.25, -0.2) is 0 Å². The first-order chi connectivity index (χ1) is 10.4. The van der Waals surface area contributed by atoms with E-state index in [0.29, 0.717) is 6.61 Å². The Hall–Kier alpha value is -1.51. The van der Waals surface area contributed by atoms with Gasteiger partial charge in [0.1, 0.15) is 0 Å². The van der Waals surface area contributed by atoms with Crippen molar-refractivity contribution in [2.45, 2.75) is 39.7 Å². The van der Waals surface area contributed by atoms with Crippen LogP contribution in [0.5, 0.6) is 0 Å². The second-order valence-corrected chi connectivity index (χ2v) is 6.84. The summed E-state index contributed by atoms with van der Waals surface area (Å²) in [6.45, 7) is 9.92. The van der Waals surface area contributed by atoms with Crippen LogP contribution in [0.25, 0.3) is 0 Å². The highest BCUT2D eigenvalue weighted by Crippen LogP contribution is 2.48. The Morgan fingerprint density at radius 3 is 2.64 bits per heavy atom. The maximum Gasteiger partial charge on any atom is 0.0717 e. The van der Waals surface area contributed by atoms with Crippen molar-refractivity contribution in [3.8, 4) is 0 Å². The van der Waals surface area contributed by atoms with Crippen molar-refractivity contribution < 1.29 is 4.74 Å². The fourth-order valence-electron chi connectivity index (χ4n) is 3.31. The minimum atomic E-state index is -0.120. The summed E-state index contributed by atoms with van der Waals surface area (Å²) in [6.07, 6.45) is 0. The number of rotatable bonds is 3. The lowest BCUT2D eigenvalue weighted by Crippen LogP contribution is -2.26. The summed E-state index contributed by atoms with van der Waals surface area (Å²) in [5.41, 5.74) is 6.93. The third kappa shape index (κ3) is 2.51. The minimum absolute atomic E-state index is 0.120. The summed E-state index contributed by atoms with van der Waals surface area (Å²) in [6, 6.07) is 10.7. The maximum atomic E-state index is 6.54. The summed E-state index contributed by atoms with van der Waals surface area (Å²) in [7, 11) is 0. The zero-order valence-electron chi connectivity index (χ0n) is 13.6. The number of halogens is 1.